The number of ether oxygens (including phenoxy) is 4. The average Bonchev–Trinajstić information content (AvgIpc) is 2.44. The predicted molar refractivity (Wildman–Crippen MR) is 69.9 cm³/mol. The third-order valence-electron chi connectivity index (χ3n) is 2.45. The van der Waals surface area contributed by atoms with Crippen LogP contribution in [-0.2, 0) is 25.4 Å². The molecule has 0 amide bonds. The number of hydrogen-bond donors (Lipinski definition) is 0. The van der Waals surface area contributed by atoms with Gasteiger partial charge < -0.3 is 18.9 Å². The van der Waals surface area contributed by atoms with E-state index >= 15 is 0 Å². The van der Waals surface area contributed by atoms with Crippen LogP contribution in [0.1, 0.15) is 18.4 Å². The fourth-order valence-electron chi connectivity index (χ4n) is 1.51. The smallest absolute Gasteiger partial charge is 0.307 e. The number of carbonyl (C=O) groups is 1. The van der Waals surface area contributed by atoms with Crippen molar-refractivity contribution in [1.29, 1.82) is 0 Å². The molecule has 1 aromatic rings. The Morgan fingerprint density at radius 3 is 2.37 bits per heavy atom. The summed E-state index contributed by atoms with van der Waals surface area (Å²) >= 11 is 0. The highest BCUT2D eigenvalue weighted by Gasteiger charge is 2.03. The molecular weight excluding hydrogens is 248 g/mol. The monoisotopic (exact) mass is 268 g/mol. The summed E-state index contributed by atoms with van der Waals surface area (Å²) in [6.07, 6.45) is 1.97. The summed E-state index contributed by atoms with van der Waals surface area (Å²) in [4.78, 5) is 11.2. The Labute approximate surface area is 113 Å². The summed E-state index contributed by atoms with van der Waals surface area (Å²) in [7, 11) is 3.07. The van der Waals surface area contributed by atoms with Crippen LogP contribution < -0.4 is 4.74 Å². The van der Waals surface area contributed by atoms with E-state index in [4.69, 9.17) is 14.2 Å². The Hall–Kier alpha value is -1.59. The van der Waals surface area contributed by atoms with E-state index in [2.05, 4.69) is 4.74 Å². The van der Waals surface area contributed by atoms with Crippen molar-refractivity contribution in [3.63, 3.8) is 0 Å². The van der Waals surface area contributed by atoms with E-state index in [1.807, 2.05) is 24.3 Å². The molecule has 0 unspecified atom stereocenters. The van der Waals surface area contributed by atoms with E-state index in [1.54, 1.807) is 7.11 Å². The molecule has 5 nitrogen and oxygen atoms in total. The van der Waals surface area contributed by atoms with Crippen LogP contribution >= 0.6 is 0 Å². The molecule has 0 N–H and O–H groups in total. The van der Waals surface area contributed by atoms with Crippen LogP contribution in [0.25, 0.3) is 0 Å². The third-order valence-corrected chi connectivity index (χ3v) is 2.45. The van der Waals surface area contributed by atoms with E-state index in [-0.39, 0.29) is 19.6 Å². The zero-order chi connectivity index (χ0) is 13.9. The Kier molecular flexibility index (Phi) is 7.62. The SMILES string of the molecule is COCOC(=O)CCCc1ccc(OCOC)cc1. The second-order valence-corrected chi connectivity index (χ2v) is 3.97. The van der Waals surface area contributed by atoms with Gasteiger partial charge in [-0.15, -0.1) is 0 Å². The summed E-state index contributed by atoms with van der Waals surface area (Å²) in [6.45, 7) is 0.259. The van der Waals surface area contributed by atoms with E-state index in [0.717, 1.165) is 24.2 Å². The van der Waals surface area contributed by atoms with Crippen LogP contribution in [-0.4, -0.2) is 33.8 Å². The molecule has 1 aromatic carbocycles. The van der Waals surface area contributed by atoms with Gasteiger partial charge in [-0.1, -0.05) is 12.1 Å². The summed E-state index contributed by atoms with van der Waals surface area (Å²) in [6, 6.07) is 7.73. The first-order valence-corrected chi connectivity index (χ1v) is 6.11. The molecule has 0 aliphatic rings. The molecule has 0 spiro atoms. The summed E-state index contributed by atoms with van der Waals surface area (Å²) in [5, 5.41) is 0. The molecule has 5 heteroatoms. The summed E-state index contributed by atoms with van der Waals surface area (Å²) in [5.74, 6) is 0.534. The highest BCUT2D eigenvalue weighted by atomic mass is 16.7. The highest BCUT2D eigenvalue weighted by Crippen LogP contribution is 2.14. The molecule has 0 fully saturated rings. The number of aryl methyl sites for hydroxylation is 1. The maximum atomic E-state index is 11.2. The highest BCUT2D eigenvalue weighted by molar-refractivity contribution is 5.69. The van der Waals surface area contributed by atoms with Crippen molar-refractivity contribution >= 4 is 5.97 Å². The molecule has 0 saturated carbocycles. The van der Waals surface area contributed by atoms with Crippen molar-refractivity contribution in [3.05, 3.63) is 29.8 Å². The third kappa shape index (κ3) is 6.79. The molecule has 106 valence electrons. The van der Waals surface area contributed by atoms with Gasteiger partial charge in [0, 0.05) is 20.6 Å². The predicted octanol–water partition coefficient (Wildman–Crippen LogP) is 2.14. The van der Waals surface area contributed by atoms with Crippen LogP contribution in [0.4, 0.5) is 0 Å². The van der Waals surface area contributed by atoms with Gasteiger partial charge in [-0.2, -0.15) is 0 Å². The number of rotatable bonds is 9. The first-order valence-electron chi connectivity index (χ1n) is 6.11. The number of methoxy groups -OCH3 is 2. The second-order valence-electron chi connectivity index (χ2n) is 3.97. The van der Waals surface area contributed by atoms with Crippen LogP contribution in [0, 0.1) is 0 Å². The zero-order valence-electron chi connectivity index (χ0n) is 11.4. The first kappa shape index (κ1) is 15.5. The largest absolute Gasteiger partial charge is 0.468 e. The normalized spacial score (nSPS) is 10.2. The van der Waals surface area contributed by atoms with Gasteiger partial charge in [-0.25, -0.2) is 0 Å². The topological polar surface area (TPSA) is 54.0 Å². The maximum Gasteiger partial charge on any atom is 0.307 e. The molecule has 0 radical (unpaired) electrons. The van der Waals surface area contributed by atoms with E-state index in [1.165, 1.54) is 7.11 Å². The van der Waals surface area contributed by atoms with Crippen LogP contribution in [0.3, 0.4) is 0 Å². The number of carbonyl (C=O) groups excluding carboxylic acids is 1. The number of hydrogen-bond acceptors (Lipinski definition) is 5. The van der Waals surface area contributed by atoms with Gasteiger partial charge in [0.1, 0.15) is 5.75 Å². The van der Waals surface area contributed by atoms with Crippen molar-refractivity contribution in [1.82, 2.24) is 0 Å². The van der Waals surface area contributed by atoms with Crippen LogP contribution in [0.2, 0.25) is 0 Å². The number of benzene rings is 1. The molecular formula is C14H20O5. The van der Waals surface area contributed by atoms with E-state index in [0.29, 0.717) is 6.42 Å². The molecule has 0 saturated heterocycles. The standard InChI is InChI=1S/C14H20O5/c1-16-10-18-13-8-6-12(7-9-13)4-3-5-14(15)19-11-17-2/h6-9H,3-5,10-11H2,1-2H3. The molecule has 19 heavy (non-hydrogen) atoms. The molecule has 0 aliphatic heterocycles. The molecule has 0 heterocycles. The maximum absolute atomic E-state index is 11.2. The Balaban J connectivity index is 2.24. The minimum absolute atomic E-state index is 0.0182. The van der Waals surface area contributed by atoms with E-state index in [9.17, 15) is 4.79 Å². The fraction of sp³-hybridized carbons (Fsp3) is 0.500. The summed E-state index contributed by atoms with van der Waals surface area (Å²) < 4.78 is 19.6. The van der Waals surface area contributed by atoms with Crippen molar-refractivity contribution in [3.8, 4) is 5.75 Å². The lowest BCUT2D eigenvalue weighted by atomic mass is 10.1. The first-order chi connectivity index (χ1) is 9.26. The lowest BCUT2D eigenvalue weighted by molar-refractivity contribution is -0.154. The summed E-state index contributed by atoms with van der Waals surface area (Å²) in [5.41, 5.74) is 1.16. The lowest BCUT2D eigenvalue weighted by Gasteiger charge is -2.06. The number of esters is 1. The van der Waals surface area contributed by atoms with Gasteiger partial charge in [0.15, 0.2) is 13.6 Å². The van der Waals surface area contributed by atoms with Crippen LogP contribution in [0.5, 0.6) is 5.75 Å². The Morgan fingerprint density at radius 1 is 1.05 bits per heavy atom. The van der Waals surface area contributed by atoms with Gasteiger partial charge in [-0.3, -0.25) is 4.79 Å². The van der Waals surface area contributed by atoms with Crippen molar-refractivity contribution in [2.24, 2.45) is 0 Å². The lowest BCUT2D eigenvalue weighted by Crippen LogP contribution is -2.07. The molecule has 1 rings (SSSR count). The van der Waals surface area contributed by atoms with Crippen molar-refractivity contribution < 1.29 is 23.7 Å². The minimum Gasteiger partial charge on any atom is -0.468 e. The molecule has 0 aliphatic carbocycles. The van der Waals surface area contributed by atoms with Gasteiger partial charge in [0.2, 0.25) is 0 Å². The molecule has 0 atom stereocenters. The van der Waals surface area contributed by atoms with Crippen molar-refractivity contribution in [2.45, 2.75) is 19.3 Å². The average molecular weight is 268 g/mol. The van der Waals surface area contributed by atoms with Gasteiger partial charge in [-0.05, 0) is 30.5 Å². The van der Waals surface area contributed by atoms with Crippen molar-refractivity contribution in [2.75, 3.05) is 27.8 Å². The fourth-order valence-corrected chi connectivity index (χ4v) is 1.51. The molecule has 0 bridgehead atoms. The van der Waals surface area contributed by atoms with Gasteiger partial charge in [0.25, 0.3) is 0 Å². The molecule has 0 aromatic heterocycles. The Bertz CT molecular complexity index is 361. The quantitative estimate of drug-likeness (QED) is 0.507. The van der Waals surface area contributed by atoms with Gasteiger partial charge in [0.05, 0.1) is 0 Å². The minimum atomic E-state index is -0.234. The van der Waals surface area contributed by atoms with Crippen LogP contribution in [0.15, 0.2) is 24.3 Å². The second kappa shape index (κ2) is 9.35. The Morgan fingerprint density at radius 2 is 1.74 bits per heavy atom. The van der Waals surface area contributed by atoms with Gasteiger partial charge >= 0.3 is 5.97 Å². The van der Waals surface area contributed by atoms with E-state index < -0.39 is 0 Å². The zero-order valence-corrected chi connectivity index (χ0v) is 11.4.